The summed E-state index contributed by atoms with van der Waals surface area (Å²) in [4.78, 5) is 0. The van der Waals surface area contributed by atoms with E-state index in [-0.39, 0.29) is 12.2 Å². The van der Waals surface area contributed by atoms with Crippen LogP contribution in [0.5, 0.6) is 0 Å². The first kappa shape index (κ1) is 11.8. The second-order valence-electron chi connectivity index (χ2n) is 4.62. The number of rotatable bonds is 2. The molecule has 2 unspecified atom stereocenters. The van der Waals surface area contributed by atoms with Crippen molar-refractivity contribution in [3.63, 3.8) is 0 Å². The fourth-order valence-electron chi connectivity index (χ4n) is 2.45. The van der Waals surface area contributed by atoms with Crippen molar-refractivity contribution in [2.75, 3.05) is 0 Å². The van der Waals surface area contributed by atoms with Gasteiger partial charge in [0.15, 0.2) is 0 Å². The summed E-state index contributed by atoms with van der Waals surface area (Å²) < 4.78 is 11.4. The molecule has 1 aromatic carbocycles. The SMILES string of the molecule is Cc1cccc(C2C=CC=CO2)c1C1C=CC=CO1. The van der Waals surface area contributed by atoms with Gasteiger partial charge >= 0.3 is 0 Å². The summed E-state index contributed by atoms with van der Waals surface area (Å²) in [5, 5.41) is 0. The lowest BCUT2D eigenvalue weighted by Gasteiger charge is -2.25. The lowest BCUT2D eigenvalue weighted by molar-refractivity contribution is 0.165. The maximum absolute atomic E-state index is 5.71. The molecule has 0 bridgehead atoms. The Balaban J connectivity index is 2.02. The Bertz CT molecular complexity index is 579. The van der Waals surface area contributed by atoms with Gasteiger partial charge in [0.1, 0.15) is 12.2 Å². The van der Waals surface area contributed by atoms with Crippen molar-refractivity contribution in [3.05, 3.63) is 83.9 Å². The molecule has 2 aliphatic heterocycles. The zero-order valence-electron chi connectivity index (χ0n) is 10.8. The van der Waals surface area contributed by atoms with Crippen LogP contribution < -0.4 is 0 Å². The molecule has 0 amide bonds. The molecule has 2 nitrogen and oxygen atoms in total. The number of benzene rings is 1. The molecule has 96 valence electrons. The van der Waals surface area contributed by atoms with Crippen LogP contribution >= 0.6 is 0 Å². The first-order valence-corrected chi connectivity index (χ1v) is 6.43. The predicted molar refractivity (Wildman–Crippen MR) is 75.4 cm³/mol. The zero-order chi connectivity index (χ0) is 13.1. The number of hydrogen-bond acceptors (Lipinski definition) is 2. The third-order valence-electron chi connectivity index (χ3n) is 3.35. The molecule has 0 aliphatic carbocycles. The highest BCUT2D eigenvalue weighted by Crippen LogP contribution is 2.34. The summed E-state index contributed by atoms with van der Waals surface area (Å²) >= 11 is 0. The van der Waals surface area contributed by atoms with E-state index in [1.807, 2.05) is 24.3 Å². The maximum Gasteiger partial charge on any atom is 0.142 e. The Morgan fingerprint density at radius 3 is 2.16 bits per heavy atom. The van der Waals surface area contributed by atoms with Gasteiger partial charge in [0, 0.05) is 11.1 Å². The van der Waals surface area contributed by atoms with Crippen molar-refractivity contribution in [2.24, 2.45) is 0 Å². The van der Waals surface area contributed by atoms with Crippen LogP contribution in [-0.4, -0.2) is 0 Å². The Hall–Kier alpha value is -2.22. The van der Waals surface area contributed by atoms with Crippen molar-refractivity contribution >= 4 is 0 Å². The third kappa shape index (κ3) is 2.34. The monoisotopic (exact) mass is 252 g/mol. The molecule has 2 aliphatic rings. The highest BCUT2D eigenvalue weighted by atomic mass is 16.5. The van der Waals surface area contributed by atoms with Gasteiger partial charge in [-0.3, -0.25) is 0 Å². The molecule has 2 heterocycles. The molecule has 19 heavy (non-hydrogen) atoms. The van der Waals surface area contributed by atoms with Crippen LogP contribution in [0.1, 0.15) is 28.9 Å². The van der Waals surface area contributed by atoms with Crippen molar-refractivity contribution in [1.82, 2.24) is 0 Å². The van der Waals surface area contributed by atoms with Crippen molar-refractivity contribution in [3.8, 4) is 0 Å². The van der Waals surface area contributed by atoms with Gasteiger partial charge in [0.05, 0.1) is 12.5 Å². The lowest BCUT2D eigenvalue weighted by Crippen LogP contribution is -2.10. The van der Waals surface area contributed by atoms with Gasteiger partial charge in [-0.2, -0.15) is 0 Å². The van der Waals surface area contributed by atoms with Crippen LogP contribution in [0.15, 0.2) is 67.2 Å². The van der Waals surface area contributed by atoms with Crippen LogP contribution in [-0.2, 0) is 9.47 Å². The van der Waals surface area contributed by atoms with Crippen LogP contribution in [0.3, 0.4) is 0 Å². The molecule has 0 radical (unpaired) electrons. The first-order chi connectivity index (χ1) is 9.36. The Labute approximate surface area is 113 Å². The molecule has 0 fully saturated rings. The third-order valence-corrected chi connectivity index (χ3v) is 3.35. The van der Waals surface area contributed by atoms with Crippen LogP contribution in [0.4, 0.5) is 0 Å². The second kappa shape index (κ2) is 5.19. The lowest BCUT2D eigenvalue weighted by atomic mass is 9.92. The van der Waals surface area contributed by atoms with Gasteiger partial charge in [-0.05, 0) is 36.8 Å². The minimum atomic E-state index is -0.0391. The molecule has 0 saturated carbocycles. The second-order valence-corrected chi connectivity index (χ2v) is 4.62. The van der Waals surface area contributed by atoms with Crippen LogP contribution in [0.25, 0.3) is 0 Å². The van der Waals surface area contributed by atoms with E-state index in [0.717, 1.165) is 5.56 Å². The van der Waals surface area contributed by atoms with Crippen molar-refractivity contribution in [2.45, 2.75) is 19.1 Å². The van der Waals surface area contributed by atoms with E-state index in [9.17, 15) is 0 Å². The van der Waals surface area contributed by atoms with E-state index in [0.29, 0.717) is 0 Å². The summed E-state index contributed by atoms with van der Waals surface area (Å²) in [6, 6.07) is 6.27. The zero-order valence-corrected chi connectivity index (χ0v) is 10.8. The molecule has 0 N–H and O–H groups in total. The maximum atomic E-state index is 5.71. The predicted octanol–water partition coefficient (Wildman–Crippen LogP) is 4.28. The van der Waals surface area contributed by atoms with Gasteiger partial charge in [0.2, 0.25) is 0 Å². The molecular weight excluding hydrogens is 236 g/mol. The van der Waals surface area contributed by atoms with E-state index in [1.54, 1.807) is 12.5 Å². The number of aryl methyl sites for hydroxylation is 1. The molecule has 3 rings (SSSR count). The van der Waals surface area contributed by atoms with Gasteiger partial charge in [-0.1, -0.05) is 30.4 Å². The number of ether oxygens (including phenoxy) is 2. The van der Waals surface area contributed by atoms with E-state index in [4.69, 9.17) is 9.47 Å². The molecule has 2 heteroatoms. The standard InChI is InChI=1S/C17H16O2/c1-13-7-6-8-14(15-9-2-4-11-18-15)17(13)16-10-3-5-12-19-16/h2-12,15-16H,1H3. The molecular formula is C17H16O2. The van der Waals surface area contributed by atoms with E-state index in [2.05, 4.69) is 37.3 Å². The van der Waals surface area contributed by atoms with Crippen LogP contribution in [0.2, 0.25) is 0 Å². The normalized spacial score (nSPS) is 24.1. The molecule has 0 saturated heterocycles. The largest absolute Gasteiger partial charge is 0.489 e. The average Bonchev–Trinajstić information content (AvgIpc) is 2.49. The fourth-order valence-corrected chi connectivity index (χ4v) is 2.45. The van der Waals surface area contributed by atoms with Crippen LogP contribution in [0, 0.1) is 6.92 Å². The number of hydrogen-bond donors (Lipinski definition) is 0. The molecule has 1 aromatic rings. The van der Waals surface area contributed by atoms with E-state index < -0.39 is 0 Å². The topological polar surface area (TPSA) is 18.5 Å². The molecule has 0 aromatic heterocycles. The Morgan fingerprint density at radius 1 is 0.842 bits per heavy atom. The minimum absolute atomic E-state index is 0.0379. The van der Waals surface area contributed by atoms with Crippen molar-refractivity contribution in [1.29, 1.82) is 0 Å². The quantitative estimate of drug-likeness (QED) is 0.782. The fraction of sp³-hybridized carbons (Fsp3) is 0.176. The van der Waals surface area contributed by atoms with Gasteiger partial charge in [0.25, 0.3) is 0 Å². The molecule has 2 atom stereocenters. The van der Waals surface area contributed by atoms with Gasteiger partial charge in [-0.15, -0.1) is 0 Å². The highest BCUT2D eigenvalue weighted by molar-refractivity contribution is 5.42. The van der Waals surface area contributed by atoms with Gasteiger partial charge < -0.3 is 9.47 Å². The Kier molecular flexibility index (Phi) is 3.23. The van der Waals surface area contributed by atoms with Gasteiger partial charge in [-0.25, -0.2) is 0 Å². The summed E-state index contributed by atoms with van der Waals surface area (Å²) in [6.07, 6.45) is 15.3. The highest BCUT2D eigenvalue weighted by Gasteiger charge is 2.22. The first-order valence-electron chi connectivity index (χ1n) is 6.43. The average molecular weight is 252 g/mol. The van der Waals surface area contributed by atoms with E-state index >= 15 is 0 Å². The summed E-state index contributed by atoms with van der Waals surface area (Å²) in [5.74, 6) is 0. The summed E-state index contributed by atoms with van der Waals surface area (Å²) in [7, 11) is 0. The Morgan fingerprint density at radius 2 is 1.53 bits per heavy atom. The summed E-state index contributed by atoms with van der Waals surface area (Å²) in [6.45, 7) is 2.11. The summed E-state index contributed by atoms with van der Waals surface area (Å²) in [5.41, 5.74) is 3.56. The van der Waals surface area contributed by atoms with Crippen molar-refractivity contribution < 1.29 is 9.47 Å². The van der Waals surface area contributed by atoms with E-state index in [1.165, 1.54) is 11.1 Å². The minimum Gasteiger partial charge on any atom is -0.489 e. The number of allylic oxidation sites excluding steroid dienone is 4. The smallest absolute Gasteiger partial charge is 0.142 e. The molecule has 0 spiro atoms.